The van der Waals surface area contributed by atoms with Gasteiger partial charge in [0, 0.05) is 17.0 Å². The molecule has 0 spiro atoms. The summed E-state index contributed by atoms with van der Waals surface area (Å²) in [6, 6.07) is 6.51. The van der Waals surface area contributed by atoms with Crippen molar-refractivity contribution in [2.75, 3.05) is 0 Å². The second-order valence-corrected chi connectivity index (χ2v) is 5.94. The Balaban J connectivity index is 1.55. The zero-order valence-corrected chi connectivity index (χ0v) is 13.0. The van der Waals surface area contributed by atoms with Crippen molar-refractivity contribution in [1.29, 1.82) is 0 Å². The van der Waals surface area contributed by atoms with Crippen LogP contribution in [0.3, 0.4) is 0 Å². The van der Waals surface area contributed by atoms with Crippen molar-refractivity contribution in [3.8, 4) is 22.8 Å². The summed E-state index contributed by atoms with van der Waals surface area (Å²) in [4.78, 5) is 7.78. The normalized spacial score (nSPS) is 15.8. The number of nitrogens with zero attached hydrogens (tertiary/aromatic N) is 4. The smallest absolute Gasteiger partial charge is 0.334 e. The van der Waals surface area contributed by atoms with Gasteiger partial charge in [-0.05, 0) is 25.0 Å². The van der Waals surface area contributed by atoms with Crippen molar-refractivity contribution in [2.45, 2.75) is 37.8 Å². The Labute approximate surface area is 140 Å². The molecule has 1 aliphatic rings. The van der Waals surface area contributed by atoms with Crippen molar-refractivity contribution in [3.05, 3.63) is 36.0 Å². The van der Waals surface area contributed by atoms with Crippen LogP contribution in [0.2, 0.25) is 0 Å². The quantitative estimate of drug-likeness (QED) is 0.694. The highest BCUT2D eigenvalue weighted by atomic mass is 19.4. The zero-order chi connectivity index (χ0) is 17.4. The van der Waals surface area contributed by atoms with E-state index in [2.05, 4.69) is 24.8 Å². The van der Waals surface area contributed by atoms with Crippen LogP contribution < -0.4 is 0 Å². The largest absolute Gasteiger partial charge is 0.471 e. The molecule has 0 N–H and O–H groups in total. The Morgan fingerprint density at radius 2 is 1.56 bits per heavy atom. The minimum atomic E-state index is -4.66. The Morgan fingerprint density at radius 1 is 0.880 bits per heavy atom. The molecule has 1 aromatic carbocycles. The molecule has 0 atom stereocenters. The minimum Gasteiger partial charge on any atom is -0.334 e. The van der Waals surface area contributed by atoms with Gasteiger partial charge in [-0.1, -0.05) is 35.3 Å². The molecule has 2 heterocycles. The van der Waals surface area contributed by atoms with Crippen molar-refractivity contribution in [2.24, 2.45) is 0 Å². The first-order valence-electron chi connectivity index (χ1n) is 7.86. The molecule has 1 aliphatic carbocycles. The summed E-state index contributed by atoms with van der Waals surface area (Å²) in [6.07, 6.45) is -0.179. The van der Waals surface area contributed by atoms with Crippen LogP contribution in [0.15, 0.2) is 33.3 Å². The number of aromatic nitrogens is 4. The van der Waals surface area contributed by atoms with E-state index in [4.69, 9.17) is 4.52 Å². The van der Waals surface area contributed by atoms with Crippen LogP contribution in [-0.2, 0) is 6.18 Å². The lowest BCUT2D eigenvalue weighted by atomic mass is 10.1. The minimum absolute atomic E-state index is 0.129. The summed E-state index contributed by atoms with van der Waals surface area (Å²) in [7, 11) is 0. The summed E-state index contributed by atoms with van der Waals surface area (Å²) in [6.45, 7) is 0. The van der Waals surface area contributed by atoms with Gasteiger partial charge < -0.3 is 9.05 Å². The highest BCUT2D eigenvalue weighted by Gasteiger charge is 2.38. The van der Waals surface area contributed by atoms with Gasteiger partial charge in [-0.15, -0.1) is 0 Å². The van der Waals surface area contributed by atoms with Crippen molar-refractivity contribution in [1.82, 2.24) is 20.3 Å². The molecule has 1 fully saturated rings. The molecule has 25 heavy (non-hydrogen) atoms. The Hall–Kier alpha value is -2.71. The van der Waals surface area contributed by atoms with Gasteiger partial charge in [-0.3, -0.25) is 0 Å². The van der Waals surface area contributed by atoms with Crippen LogP contribution >= 0.6 is 0 Å². The average molecular weight is 350 g/mol. The number of rotatable bonds is 3. The SMILES string of the molecule is FC(F)(F)c1nc(-c2ccc(-c3nc(C4CCCC4)no3)cc2)no1. The lowest BCUT2D eigenvalue weighted by molar-refractivity contribution is -0.159. The van der Waals surface area contributed by atoms with Crippen LogP contribution in [-0.4, -0.2) is 20.3 Å². The standard InChI is InChI=1S/C16H13F3N4O2/c17-16(18,19)15-21-13(23-25-15)10-5-7-11(8-6-10)14-20-12(22-24-14)9-3-1-2-4-9/h5-9H,1-4H2. The van der Waals surface area contributed by atoms with Gasteiger partial charge in [0.25, 0.3) is 5.89 Å². The first-order valence-corrected chi connectivity index (χ1v) is 7.86. The zero-order valence-electron chi connectivity index (χ0n) is 13.0. The van der Waals surface area contributed by atoms with Crippen molar-refractivity contribution >= 4 is 0 Å². The molecular formula is C16H13F3N4O2. The first kappa shape index (κ1) is 15.8. The van der Waals surface area contributed by atoms with Crippen LogP contribution in [0, 0.1) is 0 Å². The van der Waals surface area contributed by atoms with Gasteiger partial charge in [0.2, 0.25) is 5.82 Å². The molecule has 0 amide bonds. The van der Waals surface area contributed by atoms with Crippen molar-refractivity contribution < 1.29 is 22.2 Å². The van der Waals surface area contributed by atoms with E-state index < -0.39 is 12.1 Å². The molecule has 3 aromatic rings. The molecule has 0 saturated heterocycles. The van der Waals surface area contributed by atoms with E-state index >= 15 is 0 Å². The fourth-order valence-electron chi connectivity index (χ4n) is 2.92. The van der Waals surface area contributed by atoms with Crippen LogP contribution in [0.4, 0.5) is 13.2 Å². The Bertz CT molecular complexity index is 864. The predicted octanol–water partition coefficient (Wildman–Crippen LogP) is 4.46. The molecule has 0 aliphatic heterocycles. The highest BCUT2D eigenvalue weighted by Crippen LogP contribution is 2.34. The van der Waals surface area contributed by atoms with Crippen LogP contribution in [0.25, 0.3) is 22.8 Å². The molecule has 0 radical (unpaired) electrons. The molecular weight excluding hydrogens is 337 g/mol. The molecule has 6 nitrogen and oxygen atoms in total. The molecule has 130 valence electrons. The molecule has 0 unspecified atom stereocenters. The molecule has 2 aromatic heterocycles. The fourth-order valence-corrected chi connectivity index (χ4v) is 2.92. The topological polar surface area (TPSA) is 77.8 Å². The van der Waals surface area contributed by atoms with Gasteiger partial charge in [-0.2, -0.15) is 23.1 Å². The van der Waals surface area contributed by atoms with Crippen LogP contribution in [0.1, 0.15) is 43.3 Å². The van der Waals surface area contributed by atoms with Gasteiger partial charge in [0.15, 0.2) is 5.82 Å². The predicted molar refractivity (Wildman–Crippen MR) is 79.2 cm³/mol. The van der Waals surface area contributed by atoms with E-state index in [1.165, 1.54) is 12.8 Å². The summed E-state index contributed by atoms with van der Waals surface area (Å²) in [5.74, 6) is -0.0558. The van der Waals surface area contributed by atoms with E-state index in [0.29, 0.717) is 28.8 Å². The summed E-state index contributed by atoms with van der Waals surface area (Å²) >= 11 is 0. The number of benzene rings is 1. The maximum Gasteiger partial charge on any atom is 0.471 e. The van der Waals surface area contributed by atoms with Gasteiger partial charge in [-0.25, -0.2) is 0 Å². The maximum absolute atomic E-state index is 12.5. The number of hydrogen-bond acceptors (Lipinski definition) is 6. The van der Waals surface area contributed by atoms with Crippen LogP contribution in [0.5, 0.6) is 0 Å². The number of alkyl halides is 3. The van der Waals surface area contributed by atoms with E-state index in [0.717, 1.165) is 12.8 Å². The molecule has 9 heteroatoms. The fraction of sp³-hybridized carbons (Fsp3) is 0.375. The van der Waals surface area contributed by atoms with Gasteiger partial charge >= 0.3 is 12.1 Å². The van der Waals surface area contributed by atoms with E-state index in [-0.39, 0.29) is 5.82 Å². The van der Waals surface area contributed by atoms with Crippen molar-refractivity contribution in [3.63, 3.8) is 0 Å². The number of halogens is 3. The molecule has 1 saturated carbocycles. The first-order chi connectivity index (χ1) is 12.0. The third-order valence-corrected chi connectivity index (χ3v) is 4.22. The Morgan fingerprint density at radius 3 is 2.20 bits per heavy atom. The maximum atomic E-state index is 12.5. The lowest BCUT2D eigenvalue weighted by Gasteiger charge is -2.00. The van der Waals surface area contributed by atoms with Gasteiger partial charge in [0.05, 0.1) is 0 Å². The third kappa shape index (κ3) is 3.13. The summed E-state index contributed by atoms with van der Waals surface area (Å²) in [5.41, 5.74) is 1.08. The van der Waals surface area contributed by atoms with E-state index in [9.17, 15) is 13.2 Å². The summed E-state index contributed by atoms with van der Waals surface area (Å²) in [5, 5.41) is 7.39. The second kappa shape index (κ2) is 5.98. The van der Waals surface area contributed by atoms with E-state index in [1.54, 1.807) is 24.3 Å². The summed E-state index contributed by atoms with van der Waals surface area (Å²) < 4.78 is 47.1. The third-order valence-electron chi connectivity index (χ3n) is 4.22. The lowest BCUT2D eigenvalue weighted by Crippen LogP contribution is -2.04. The van der Waals surface area contributed by atoms with Gasteiger partial charge in [0.1, 0.15) is 0 Å². The average Bonchev–Trinajstić information content (AvgIpc) is 3.33. The number of hydrogen-bond donors (Lipinski definition) is 0. The van der Waals surface area contributed by atoms with E-state index in [1.807, 2.05) is 0 Å². The second-order valence-electron chi connectivity index (χ2n) is 5.94. The monoisotopic (exact) mass is 350 g/mol. The highest BCUT2D eigenvalue weighted by molar-refractivity contribution is 5.62. The Kier molecular flexibility index (Phi) is 3.78. The molecule has 4 rings (SSSR count). The molecule has 0 bridgehead atoms.